The quantitative estimate of drug-likeness (QED) is 0.730. The van der Waals surface area contributed by atoms with Gasteiger partial charge in [0.25, 0.3) is 0 Å². The highest BCUT2D eigenvalue weighted by molar-refractivity contribution is 5.76. The molecule has 0 unspecified atom stereocenters. The van der Waals surface area contributed by atoms with Crippen LogP contribution < -0.4 is 0 Å². The molecule has 1 saturated heterocycles. The molecule has 1 atom stereocenters. The summed E-state index contributed by atoms with van der Waals surface area (Å²) in [6.45, 7) is 4.12. The third-order valence-electron chi connectivity index (χ3n) is 4.81. The van der Waals surface area contributed by atoms with Crippen LogP contribution in [-0.4, -0.2) is 48.3 Å². The van der Waals surface area contributed by atoms with Crippen LogP contribution in [0.1, 0.15) is 36.7 Å². The molecule has 0 bridgehead atoms. The van der Waals surface area contributed by atoms with Gasteiger partial charge in [0.05, 0.1) is 5.69 Å². The van der Waals surface area contributed by atoms with Crippen molar-refractivity contribution < 1.29 is 4.79 Å². The molecule has 0 spiro atoms. The van der Waals surface area contributed by atoms with Crippen molar-refractivity contribution in [3.8, 4) is 0 Å². The molecule has 4 rings (SSSR count). The largest absolute Gasteiger partial charge is 0.342 e. The molecule has 1 amide bonds. The lowest BCUT2D eigenvalue weighted by molar-refractivity contribution is -0.132. The molecule has 0 saturated carbocycles. The minimum absolute atomic E-state index is 0.187. The Morgan fingerprint density at radius 3 is 3.00 bits per heavy atom. The second-order valence-corrected chi connectivity index (χ2v) is 6.64. The summed E-state index contributed by atoms with van der Waals surface area (Å²) >= 11 is 0. The number of aryl methyl sites for hydroxylation is 2. The maximum atomic E-state index is 12.6. The van der Waals surface area contributed by atoms with E-state index in [0.717, 1.165) is 36.6 Å². The summed E-state index contributed by atoms with van der Waals surface area (Å²) in [4.78, 5) is 14.6. The van der Waals surface area contributed by atoms with E-state index in [0.29, 0.717) is 19.5 Å². The first-order valence-corrected chi connectivity index (χ1v) is 8.78. The maximum absolute atomic E-state index is 12.6. The summed E-state index contributed by atoms with van der Waals surface area (Å²) in [6.07, 6.45) is 6.43. The van der Waals surface area contributed by atoms with E-state index in [9.17, 15) is 4.79 Å². The van der Waals surface area contributed by atoms with E-state index >= 15 is 0 Å². The van der Waals surface area contributed by atoms with Gasteiger partial charge in [-0.05, 0) is 38.0 Å². The lowest BCUT2D eigenvalue weighted by atomic mass is 9.97. The summed E-state index contributed by atoms with van der Waals surface area (Å²) in [5.41, 5.74) is 1.83. The van der Waals surface area contributed by atoms with Crippen LogP contribution in [-0.2, 0) is 11.3 Å². The Morgan fingerprint density at radius 1 is 1.24 bits per heavy atom. The SMILES string of the molecule is Cc1ccn(CCC(=O)N2CCC[C@H](c3nnc4ccccn34)C2)n1. The van der Waals surface area contributed by atoms with Gasteiger partial charge in [-0.3, -0.25) is 13.9 Å². The van der Waals surface area contributed by atoms with E-state index < -0.39 is 0 Å². The molecular weight excluding hydrogens is 316 g/mol. The van der Waals surface area contributed by atoms with Crippen LogP contribution in [0.5, 0.6) is 0 Å². The van der Waals surface area contributed by atoms with E-state index in [-0.39, 0.29) is 11.8 Å². The van der Waals surface area contributed by atoms with Crippen LogP contribution in [0.15, 0.2) is 36.7 Å². The van der Waals surface area contributed by atoms with Crippen molar-refractivity contribution in [3.63, 3.8) is 0 Å². The number of fused-ring (bicyclic) bond motifs is 1. The second kappa shape index (κ2) is 6.66. The Kier molecular flexibility index (Phi) is 4.21. The van der Waals surface area contributed by atoms with E-state index in [1.165, 1.54) is 0 Å². The third-order valence-corrected chi connectivity index (χ3v) is 4.81. The van der Waals surface area contributed by atoms with E-state index in [1.54, 1.807) is 0 Å². The van der Waals surface area contributed by atoms with Crippen LogP contribution in [0.4, 0.5) is 0 Å². The third kappa shape index (κ3) is 3.26. The van der Waals surface area contributed by atoms with Gasteiger partial charge in [-0.25, -0.2) is 0 Å². The van der Waals surface area contributed by atoms with Crippen molar-refractivity contribution in [2.75, 3.05) is 13.1 Å². The van der Waals surface area contributed by atoms with Crippen LogP contribution in [0.2, 0.25) is 0 Å². The van der Waals surface area contributed by atoms with Gasteiger partial charge in [0.1, 0.15) is 5.82 Å². The molecule has 0 aliphatic carbocycles. The zero-order chi connectivity index (χ0) is 17.2. The van der Waals surface area contributed by atoms with Crippen molar-refractivity contribution in [2.24, 2.45) is 0 Å². The van der Waals surface area contributed by atoms with E-state index in [1.807, 2.05) is 57.6 Å². The number of aromatic nitrogens is 5. The molecule has 3 aromatic rings. The Bertz CT molecular complexity index is 882. The highest BCUT2D eigenvalue weighted by Crippen LogP contribution is 2.26. The summed E-state index contributed by atoms with van der Waals surface area (Å²) in [7, 11) is 0. The lowest BCUT2D eigenvalue weighted by Gasteiger charge is -2.32. The van der Waals surface area contributed by atoms with E-state index in [2.05, 4.69) is 15.3 Å². The Hall–Kier alpha value is -2.70. The molecule has 25 heavy (non-hydrogen) atoms. The number of likely N-dealkylation sites (tertiary alicyclic amines) is 1. The van der Waals surface area contributed by atoms with Gasteiger partial charge >= 0.3 is 0 Å². The Balaban J connectivity index is 1.42. The number of piperidine rings is 1. The predicted molar refractivity (Wildman–Crippen MR) is 93.1 cm³/mol. The van der Waals surface area contributed by atoms with Gasteiger partial charge in [0.15, 0.2) is 5.65 Å². The first-order chi connectivity index (χ1) is 12.2. The number of carbonyl (C=O) groups is 1. The number of hydrogen-bond acceptors (Lipinski definition) is 4. The highest BCUT2D eigenvalue weighted by atomic mass is 16.2. The molecule has 0 radical (unpaired) electrons. The molecular formula is C18H22N6O. The average molecular weight is 338 g/mol. The minimum atomic E-state index is 0.187. The number of nitrogens with zero attached hydrogens (tertiary/aromatic N) is 6. The van der Waals surface area contributed by atoms with E-state index in [4.69, 9.17) is 0 Å². The van der Waals surface area contributed by atoms with Crippen molar-refractivity contribution in [2.45, 2.75) is 38.6 Å². The number of pyridine rings is 1. The fourth-order valence-corrected chi connectivity index (χ4v) is 3.51. The van der Waals surface area contributed by atoms with Gasteiger partial charge < -0.3 is 4.90 Å². The summed E-state index contributed by atoms with van der Waals surface area (Å²) in [5, 5.41) is 13.0. The average Bonchev–Trinajstić information content (AvgIpc) is 3.26. The monoisotopic (exact) mass is 338 g/mol. The fraction of sp³-hybridized carbons (Fsp3) is 0.444. The molecule has 7 nitrogen and oxygen atoms in total. The molecule has 1 fully saturated rings. The van der Waals surface area contributed by atoms with Crippen LogP contribution >= 0.6 is 0 Å². The fourth-order valence-electron chi connectivity index (χ4n) is 3.51. The first-order valence-electron chi connectivity index (χ1n) is 8.78. The lowest BCUT2D eigenvalue weighted by Crippen LogP contribution is -2.39. The molecule has 0 N–H and O–H groups in total. The summed E-state index contributed by atoms with van der Waals surface area (Å²) in [5.74, 6) is 1.38. The first kappa shape index (κ1) is 15.8. The zero-order valence-corrected chi connectivity index (χ0v) is 14.4. The maximum Gasteiger partial charge on any atom is 0.224 e. The van der Waals surface area contributed by atoms with Crippen molar-refractivity contribution in [1.29, 1.82) is 0 Å². The van der Waals surface area contributed by atoms with Crippen molar-refractivity contribution >= 4 is 11.6 Å². The molecule has 130 valence electrons. The molecule has 3 aromatic heterocycles. The Morgan fingerprint density at radius 2 is 2.16 bits per heavy atom. The number of carbonyl (C=O) groups excluding carboxylic acids is 1. The van der Waals surface area contributed by atoms with Gasteiger partial charge in [0, 0.05) is 44.4 Å². The van der Waals surface area contributed by atoms with Gasteiger partial charge in [0.2, 0.25) is 5.91 Å². The van der Waals surface area contributed by atoms with Crippen molar-refractivity contribution in [3.05, 3.63) is 48.2 Å². The highest BCUT2D eigenvalue weighted by Gasteiger charge is 2.27. The number of rotatable bonds is 4. The van der Waals surface area contributed by atoms with Crippen LogP contribution in [0, 0.1) is 6.92 Å². The normalized spacial score (nSPS) is 18.0. The number of amides is 1. The molecule has 0 aromatic carbocycles. The molecule has 4 heterocycles. The second-order valence-electron chi connectivity index (χ2n) is 6.64. The standard InChI is InChI=1S/C18H22N6O/c1-14-7-11-23(21-14)12-8-17(25)22-9-4-5-15(13-22)18-20-19-16-6-2-3-10-24(16)18/h2-3,6-7,10-11,15H,4-5,8-9,12-13H2,1H3/t15-/m0/s1. The van der Waals surface area contributed by atoms with Crippen LogP contribution in [0.25, 0.3) is 5.65 Å². The minimum Gasteiger partial charge on any atom is -0.342 e. The zero-order valence-electron chi connectivity index (χ0n) is 14.4. The Labute approximate surface area is 146 Å². The van der Waals surface area contributed by atoms with Gasteiger partial charge in [-0.1, -0.05) is 6.07 Å². The van der Waals surface area contributed by atoms with Gasteiger partial charge in [-0.15, -0.1) is 10.2 Å². The smallest absolute Gasteiger partial charge is 0.224 e. The topological polar surface area (TPSA) is 68.3 Å². The molecule has 7 heteroatoms. The molecule has 1 aliphatic heterocycles. The number of hydrogen-bond donors (Lipinski definition) is 0. The van der Waals surface area contributed by atoms with Crippen molar-refractivity contribution in [1.82, 2.24) is 29.3 Å². The summed E-state index contributed by atoms with van der Waals surface area (Å²) in [6, 6.07) is 7.85. The summed E-state index contributed by atoms with van der Waals surface area (Å²) < 4.78 is 3.87. The predicted octanol–water partition coefficient (Wildman–Crippen LogP) is 2.03. The van der Waals surface area contributed by atoms with Crippen LogP contribution in [0.3, 0.4) is 0 Å². The molecule has 1 aliphatic rings. The van der Waals surface area contributed by atoms with Gasteiger partial charge in [-0.2, -0.15) is 5.10 Å².